The van der Waals surface area contributed by atoms with Crippen molar-refractivity contribution in [2.75, 3.05) is 12.4 Å². The minimum atomic E-state index is -0.569. The van der Waals surface area contributed by atoms with Crippen LogP contribution in [0, 0.1) is 5.41 Å². The highest BCUT2D eigenvalue weighted by molar-refractivity contribution is 8.13. The van der Waals surface area contributed by atoms with Gasteiger partial charge in [0, 0.05) is 24.1 Å². The highest BCUT2D eigenvalue weighted by Crippen LogP contribution is 2.44. The zero-order chi connectivity index (χ0) is 24.0. The molecule has 1 atom stereocenters. The molecule has 8 heteroatoms. The number of esters is 1. The van der Waals surface area contributed by atoms with Crippen LogP contribution in [0.15, 0.2) is 48.5 Å². The lowest BCUT2D eigenvalue weighted by atomic mass is 9.98. The Morgan fingerprint density at radius 2 is 1.67 bits per heavy atom. The summed E-state index contributed by atoms with van der Waals surface area (Å²) in [5.74, 6) is -0.00730. The zero-order valence-corrected chi connectivity index (χ0v) is 20.0. The largest absolute Gasteiger partial charge is 0.460 e. The van der Waals surface area contributed by atoms with Crippen molar-refractivity contribution in [3.05, 3.63) is 59.7 Å². The summed E-state index contributed by atoms with van der Waals surface area (Å²) in [7, 11) is 0. The van der Waals surface area contributed by atoms with Gasteiger partial charge in [0.1, 0.15) is 12.2 Å². The first-order valence-electron chi connectivity index (χ1n) is 10.9. The molecule has 0 aromatic heterocycles. The molecule has 4 N–H and O–H groups in total. The molecule has 1 aliphatic carbocycles. The molecule has 0 saturated heterocycles. The summed E-state index contributed by atoms with van der Waals surface area (Å²) in [5, 5.41) is 10.2. The highest BCUT2D eigenvalue weighted by Gasteiger charge is 2.29. The van der Waals surface area contributed by atoms with Crippen LogP contribution in [0.3, 0.4) is 0 Å². The second-order valence-corrected chi connectivity index (χ2v) is 10.0. The van der Waals surface area contributed by atoms with Crippen LogP contribution >= 0.6 is 11.8 Å². The molecule has 0 aliphatic heterocycles. The van der Waals surface area contributed by atoms with E-state index in [0.29, 0.717) is 12.2 Å². The molecule has 33 heavy (non-hydrogen) atoms. The summed E-state index contributed by atoms with van der Waals surface area (Å²) in [6.07, 6.45) is -0.0566. The maximum Gasteiger partial charge on any atom is 0.407 e. The molecule has 7 nitrogen and oxygen atoms in total. The fraction of sp³-hybridized carbons (Fsp3) is 0.400. The van der Waals surface area contributed by atoms with Crippen molar-refractivity contribution in [1.82, 2.24) is 5.32 Å². The number of hydrogen-bond acceptors (Lipinski definition) is 6. The molecule has 0 spiro atoms. The van der Waals surface area contributed by atoms with E-state index in [1.807, 2.05) is 45.0 Å². The van der Waals surface area contributed by atoms with Gasteiger partial charge in [0.05, 0.1) is 0 Å². The standard InChI is InChI=1S/C25H31N3O4S/c1-25(2,3)32-22(29)13-12-16(15-33-23(26)27)28-24(30)31-14-21-19-10-6-4-8-17(19)18-9-5-7-11-20(18)21/h4-11,16,21H,12-15H2,1-3H3,(H3,26,27)(H,28,30). The lowest BCUT2D eigenvalue weighted by molar-refractivity contribution is -0.155. The number of fused-ring (bicyclic) bond motifs is 3. The minimum Gasteiger partial charge on any atom is -0.460 e. The molecule has 1 unspecified atom stereocenters. The van der Waals surface area contributed by atoms with Gasteiger partial charge < -0.3 is 20.5 Å². The predicted molar refractivity (Wildman–Crippen MR) is 131 cm³/mol. The van der Waals surface area contributed by atoms with Crippen molar-refractivity contribution in [3.63, 3.8) is 0 Å². The Morgan fingerprint density at radius 1 is 1.09 bits per heavy atom. The molecule has 176 valence electrons. The van der Waals surface area contributed by atoms with Crippen LogP contribution in [0.1, 0.15) is 50.7 Å². The molecule has 1 aliphatic rings. The summed E-state index contributed by atoms with van der Waals surface area (Å²) in [6.45, 7) is 5.63. The maximum absolute atomic E-state index is 12.6. The predicted octanol–water partition coefficient (Wildman–Crippen LogP) is 4.64. The van der Waals surface area contributed by atoms with Crippen molar-refractivity contribution in [2.45, 2.75) is 51.2 Å². The van der Waals surface area contributed by atoms with E-state index in [1.54, 1.807) is 0 Å². The summed E-state index contributed by atoms with van der Waals surface area (Å²) < 4.78 is 10.9. The Balaban J connectivity index is 1.59. The highest BCUT2D eigenvalue weighted by atomic mass is 32.2. The van der Waals surface area contributed by atoms with Crippen LogP contribution in [-0.4, -0.2) is 41.2 Å². The number of hydrogen-bond donors (Lipinski definition) is 3. The van der Waals surface area contributed by atoms with E-state index in [4.69, 9.17) is 20.6 Å². The Labute approximate surface area is 198 Å². The third-order valence-electron chi connectivity index (χ3n) is 5.22. The third-order valence-corrected chi connectivity index (χ3v) is 6.10. The molecular weight excluding hydrogens is 438 g/mol. The Bertz CT molecular complexity index is 973. The van der Waals surface area contributed by atoms with Gasteiger partial charge in [-0.05, 0) is 49.4 Å². The van der Waals surface area contributed by atoms with E-state index in [2.05, 4.69) is 29.6 Å². The number of amides is 1. The first-order valence-corrected chi connectivity index (χ1v) is 11.9. The molecule has 2 aromatic carbocycles. The molecule has 1 amide bonds. The van der Waals surface area contributed by atoms with Gasteiger partial charge in [0.25, 0.3) is 0 Å². The van der Waals surface area contributed by atoms with Crippen LogP contribution in [0.25, 0.3) is 11.1 Å². The van der Waals surface area contributed by atoms with Crippen molar-refractivity contribution in [1.29, 1.82) is 5.41 Å². The fourth-order valence-electron chi connectivity index (χ4n) is 3.88. The van der Waals surface area contributed by atoms with E-state index in [0.717, 1.165) is 34.0 Å². The minimum absolute atomic E-state index is 0.0324. The maximum atomic E-state index is 12.6. The van der Waals surface area contributed by atoms with Crippen molar-refractivity contribution >= 4 is 29.0 Å². The average molecular weight is 470 g/mol. The average Bonchev–Trinajstić information content (AvgIpc) is 3.07. The number of rotatable bonds is 8. The lowest BCUT2D eigenvalue weighted by Crippen LogP contribution is -2.39. The molecule has 2 aromatic rings. The van der Waals surface area contributed by atoms with Crippen LogP contribution in [-0.2, 0) is 14.3 Å². The molecule has 0 bridgehead atoms. The van der Waals surface area contributed by atoms with Gasteiger partial charge in [-0.3, -0.25) is 10.2 Å². The van der Waals surface area contributed by atoms with Crippen LogP contribution in [0.2, 0.25) is 0 Å². The lowest BCUT2D eigenvalue weighted by Gasteiger charge is -2.22. The monoisotopic (exact) mass is 469 g/mol. The zero-order valence-electron chi connectivity index (χ0n) is 19.2. The first kappa shape index (κ1) is 24.6. The summed E-state index contributed by atoms with van der Waals surface area (Å²) in [5.41, 5.74) is 9.49. The SMILES string of the molecule is CC(C)(C)OC(=O)CCC(CSC(=N)N)NC(=O)OCC1c2ccccc2-c2ccccc21. The van der Waals surface area contributed by atoms with Gasteiger partial charge in [0.2, 0.25) is 0 Å². The number of nitrogens with one attached hydrogen (secondary N) is 2. The Hall–Kier alpha value is -3.00. The normalized spacial score (nSPS) is 13.5. The van der Waals surface area contributed by atoms with Crippen molar-refractivity contribution in [3.8, 4) is 11.1 Å². The second kappa shape index (κ2) is 10.7. The molecule has 0 radical (unpaired) electrons. The van der Waals surface area contributed by atoms with E-state index >= 15 is 0 Å². The number of carbonyl (C=O) groups excluding carboxylic acids is 2. The summed E-state index contributed by atoms with van der Waals surface area (Å²) >= 11 is 1.11. The molecule has 0 fully saturated rings. The van der Waals surface area contributed by atoms with E-state index in [-0.39, 0.29) is 36.1 Å². The van der Waals surface area contributed by atoms with Gasteiger partial charge in [-0.2, -0.15) is 0 Å². The van der Waals surface area contributed by atoms with Crippen LogP contribution in [0.4, 0.5) is 4.79 Å². The topological polar surface area (TPSA) is 115 Å². The molecule has 3 rings (SSSR count). The van der Waals surface area contributed by atoms with Crippen molar-refractivity contribution < 1.29 is 19.1 Å². The smallest absolute Gasteiger partial charge is 0.407 e. The number of alkyl carbamates (subject to hydrolysis) is 1. The van der Waals surface area contributed by atoms with Gasteiger partial charge in [-0.1, -0.05) is 60.3 Å². The third kappa shape index (κ3) is 6.99. The number of amidine groups is 1. The van der Waals surface area contributed by atoms with E-state index in [9.17, 15) is 9.59 Å². The Morgan fingerprint density at radius 3 is 2.21 bits per heavy atom. The molecular formula is C25H31N3O4S. The van der Waals surface area contributed by atoms with Gasteiger partial charge in [-0.25, -0.2) is 4.79 Å². The van der Waals surface area contributed by atoms with Gasteiger partial charge >= 0.3 is 12.1 Å². The van der Waals surface area contributed by atoms with Crippen LogP contribution in [0.5, 0.6) is 0 Å². The second-order valence-electron chi connectivity index (χ2n) is 8.97. The van der Waals surface area contributed by atoms with Crippen LogP contribution < -0.4 is 11.1 Å². The molecule has 0 saturated carbocycles. The summed E-state index contributed by atoms with van der Waals surface area (Å²) in [4.78, 5) is 24.7. The summed E-state index contributed by atoms with van der Waals surface area (Å²) in [6, 6.07) is 15.9. The van der Waals surface area contributed by atoms with Gasteiger partial charge in [0.15, 0.2) is 5.17 Å². The number of carbonyl (C=O) groups is 2. The van der Waals surface area contributed by atoms with E-state index < -0.39 is 11.7 Å². The quantitative estimate of drug-likeness (QED) is 0.295. The number of benzene rings is 2. The van der Waals surface area contributed by atoms with Crippen molar-refractivity contribution in [2.24, 2.45) is 5.73 Å². The Kier molecular flexibility index (Phi) is 8.02. The first-order chi connectivity index (χ1) is 15.6. The number of thioether (sulfide) groups is 1. The fourth-order valence-corrected chi connectivity index (χ4v) is 4.51. The molecule has 0 heterocycles. The number of nitrogens with two attached hydrogens (primary N) is 1. The van der Waals surface area contributed by atoms with Gasteiger partial charge in [-0.15, -0.1) is 0 Å². The van der Waals surface area contributed by atoms with E-state index in [1.165, 1.54) is 0 Å². The number of ether oxygens (including phenoxy) is 2.